The highest BCUT2D eigenvalue weighted by Gasteiger charge is 2.26. The van der Waals surface area contributed by atoms with E-state index in [1.165, 1.54) is 11.9 Å². The van der Waals surface area contributed by atoms with Crippen LogP contribution in [-0.2, 0) is 27.3 Å². The van der Waals surface area contributed by atoms with Crippen LogP contribution in [0.25, 0.3) is 10.2 Å². The SMILES string of the molecule is Cc1c(C(=O)OCC(=O)N(C)CC(=O)NC2CC2)sc2nc3n(c(=O)c12)CCCCC3. The predicted molar refractivity (Wildman–Crippen MR) is 115 cm³/mol. The third-order valence-electron chi connectivity index (χ3n) is 5.67. The Morgan fingerprint density at radius 3 is 2.77 bits per heavy atom. The molecular weight excluding hydrogens is 420 g/mol. The van der Waals surface area contributed by atoms with Crippen LogP contribution in [0.5, 0.6) is 0 Å². The van der Waals surface area contributed by atoms with E-state index in [4.69, 9.17) is 4.74 Å². The summed E-state index contributed by atoms with van der Waals surface area (Å²) >= 11 is 1.12. The maximum Gasteiger partial charge on any atom is 0.349 e. The Kier molecular flexibility index (Phi) is 6.08. The minimum atomic E-state index is -0.663. The summed E-state index contributed by atoms with van der Waals surface area (Å²) in [6.07, 6.45) is 5.68. The Morgan fingerprint density at radius 1 is 1.26 bits per heavy atom. The van der Waals surface area contributed by atoms with Crippen molar-refractivity contribution in [1.29, 1.82) is 0 Å². The van der Waals surface area contributed by atoms with Crippen molar-refractivity contribution in [2.45, 2.75) is 58.0 Å². The molecule has 0 atom stereocenters. The second kappa shape index (κ2) is 8.78. The van der Waals surface area contributed by atoms with Crippen LogP contribution in [0.2, 0.25) is 0 Å². The summed E-state index contributed by atoms with van der Waals surface area (Å²) in [5.41, 5.74) is 0.416. The highest BCUT2D eigenvalue weighted by molar-refractivity contribution is 7.20. The first-order chi connectivity index (χ1) is 14.8. The molecule has 2 aromatic rings. The molecule has 31 heavy (non-hydrogen) atoms. The third kappa shape index (κ3) is 4.63. The normalized spacial score (nSPS) is 15.8. The standard InChI is InChI=1S/C21H26N4O5S/c1-12-17-19(23-14-6-4-3-5-9-25(14)20(17)28)31-18(12)21(29)30-11-16(27)24(2)10-15(26)22-13-7-8-13/h13H,3-11H2,1-2H3,(H,22,26). The largest absolute Gasteiger partial charge is 0.451 e. The van der Waals surface area contributed by atoms with Crippen molar-refractivity contribution in [3.05, 3.63) is 26.6 Å². The number of thiophene rings is 1. The molecule has 1 aliphatic carbocycles. The number of amides is 2. The number of carbonyl (C=O) groups is 3. The topological polar surface area (TPSA) is 111 Å². The molecule has 0 unspecified atom stereocenters. The number of ether oxygens (including phenoxy) is 1. The average molecular weight is 447 g/mol. The van der Waals surface area contributed by atoms with Crippen molar-refractivity contribution in [3.63, 3.8) is 0 Å². The van der Waals surface area contributed by atoms with Gasteiger partial charge in [-0.25, -0.2) is 9.78 Å². The Morgan fingerprint density at radius 2 is 2.03 bits per heavy atom. The molecule has 2 aliphatic rings. The number of fused-ring (bicyclic) bond motifs is 2. The van der Waals surface area contributed by atoms with E-state index < -0.39 is 18.5 Å². The predicted octanol–water partition coefficient (Wildman–Crippen LogP) is 1.39. The number of hydrogen-bond acceptors (Lipinski definition) is 7. The van der Waals surface area contributed by atoms with Crippen LogP contribution in [-0.4, -0.2) is 58.5 Å². The molecule has 4 rings (SSSR count). The van der Waals surface area contributed by atoms with Crippen molar-refractivity contribution in [2.75, 3.05) is 20.2 Å². The number of nitrogens with zero attached hydrogens (tertiary/aromatic N) is 3. The van der Waals surface area contributed by atoms with Gasteiger partial charge in [0.2, 0.25) is 5.91 Å². The van der Waals surface area contributed by atoms with Gasteiger partial charge < -0.3 is 15.0 Å². The number of esters is 1. The van der Waals surface area contributed by atoms with Gasteiger partial charge in [0, 0.05) is 26.1 Å². The molecule has 1 saturated carbocycles. The van der Waals surface area contributed by atoms with E-state index in [0.717, 1.165) is 55.7 Å². The molecule has 2 amide bonds. The van der Waals surface area contributed by atoms with E-state index in [1.807, 2.05) is 0 Å². The molecule has 3 heterocycles. The number of rotatable bonds is 6. The molecule has 0 radical (unpaired) electrons. The Bertz CT molecular complexity index is 1100. The van der Waals surface area contributed by atoms with Crippen LogP contribution in [0.1, 0.15) is 53.2 Å². The van der Waals surface area contributed by atoms with Crippen LogP contribution < -0.4 is 10.9 Å². The minimum absolute atomic E-state index is 0.0823. The van der Waals surface area contributed by atoms with Crippen molar-refractivity contribution in [1.82, 2.24) is 19.8 Å². The lowest BCUT2D eigenvalue weighted by Crippen LogP contribution is -2.40. The zero-order valence-electron chi connectivity index (χ0n) is 17.7. The first-order valence-corrected chi connectivity index (χ1v) is 11.4. The highest BCUT2D eigenvalue weighted by Crippen LogP contribution is 2.29. The monoisotopic (exact) mass is 446 g/mol. The fourth-order valence-electron chi connectivity index (χ4n) is 3.71. The molecule has 1 aliphatic heterocycles. The summed E-state index contributed by atoms with van der Waals surface area (Å²) in [7, 11) is 1.49. The number of carbonyl (C=O) groups excluding carboxylic acids is 3. The molecule has 0 bridgehead atoms. The number of nitrogens with one attached hydrogen (secondary N) is 1. The van der Waals surface area contributed by atoms with Crippen LogP contribution >= 0.6 is 11.3 Å². The van der Waals surface area contributed by atoms with Crippen LogP contribution in [0, 0.1) is 6.92 Å². The fourth-order valence-corrected chi connectivity index (χ4v) is 4.80. The molecule has 0 saturated heterocycles. The summed E-state index contributed by atoms with van der Waals surface area (Å²) in [6, 6.07) is 0.220. The van der Waals surface area contributed by atoms with E-state index >= 15 is 0 Å². The molecule has 166 valence electrons. The Labute approximate surface area is 183 Å². The maximum absolute atomic E-state index is 13.0. The van der Waals surface area contributed by atoms with Crippen molar-refractivity contribution >= 4 is 39.3 Å². The maximum atomic E-state index is 13.0. The van der Waals surface area contributed by atoms with E-state index in [1.54, 1.807) is 11.5 Å². The third-order valence-corrected chi connectivity index (χ3v) is 6.84. The van der Waals surface area contributed by atoms with Crippen LogP contribution in [0.4, 0.5) is 0 Å². The quantitative estimate of drug-likeness (QED) is 0.672. The van der Waals surface area contributed by atoms with E-state index in [-0.39, 0.29) is 28.9 Å². The zero-order chi connectivity index (χ0) is 22.1. The van der Waals surface area contributed by atoms with Gasteiger partial charge in [-0.15, -0.1) is 11.3 Å². The van der Waals surface area contributed by atoms with Gasteiger partial charge in [0.1, 0.15) is 15.5 Å². The van der Waals surface area contributed by atoms with Gasteiger partial charge in [0.25, 0.3) is 11.5 Å². The molecule has 1 fully saturated rings. The Hall–Kier alpha value is -2.75. The minimum Gasteiger partial charge on any atom is -0.451 e. The van der Waals surface area contributed by atoms with Gasteiger partial charge >= 0.3 is 5.97 Å². The second-order valence-electron chi connectivity index (χ2n) is 8.20. The van der Waals surface area contributed by atoms with Crippen molar-refractivity contribution in [3.8, 4) is 0 Å². The fraction of sp³-hybridized carbons (Fsp3) is 0.571. The van der Waals surface area contributed by atoms with Crippen molar-refractivity contribution in [2.24, 2.45) is 0 Å². The van der Waals surface area contributed by atoms with Gasteiger partial charge in [-0.1, -0.05) is 6.42 Å². The zero-order valence-corrected chi connectivity index (χ0v) is 18.5. The summed E-state index contributed by atoms with van der Waals surface area (Å²) in [6.45, 7) is 1.79. The number of aryl methyl sites for hydroxylation is 2. The van der Waals surface area contributed by atoms with Crippen molar-refractivity contribution < 1.29 is 19.1 Å². The van der Waals surface area contributed by atoms with Crippen LogP contribution in [0.15, 0.2) is 4.79 Å². The lowest BCUT2D eigenvalue weighted by atomic mass is 10.2. The highest BCUT2D eigenvalue weighted by atomic mass is 32.1. The van der Waals surface area contributed by atoms with Gasteiger partial charge in [0.15, 0.2) is 6.61 Å². The van der Waals surface area contributed by atoms with Gasteiger partial charge in [-0.3, -0.25) is 19.0 Å². The van der Waals surface area contributed by atoms with E-state index in [0.29, 0.717) is 22.3 Å². The molecule has 2 aromatic heterocycles. The average Bonchev–Trinajstić information content (AvgIpc) is 3.51. The summed E-state index contributed by atoms with van der Waals surface area (Å²) in [4.78, 5) is 56.4. The molecule has 9 nitrogen and oxygen atoms in total. The molecule has 0 spiro atoms. The summed E-state index contributed by atoms with van der Waals surface area (Å²) in [5, 5.41) is 3.25. The van der Waals surface area contributed by atoms with E-state index in [9.17, 15) is 19.2 Å². The number of likely N-dealkylation sites (N-methyl/N-ethyl adjacent to an activating group) is 1. The Balaban J connectivity index is 1.44. The summed E-state index contributed by atoms with van der Waals surface area (Å²) in [5.74, 6) is -0.596. The van der Waals surface area contributed by atoms with Gasteiger partial charge in [-0.2, -0.15) is 0 Å². The van der Waals surface area contributed by atoms with Gasteiger partial charge in [-0.05, 0) is 38.2 Å². The second-order valence-corrected chi connectivity index (χ2v) is 9.20. The van der Waals surface area contributed by atoms with E-state index in [2.05, 4.69) is 10.3 Å². The molecule has 10 heteroatoms. The first-order valence-electron chi connectivity index (χ1n) is 10.6. The van der Waals surface area contributed by atoms with Gasteiger partial charge in [0.05, 0.1) is 11.9 Å². The lowest BCUT2D eigenvalue weighted by molar-refractivity contribution is -0.137. The molecule has 0 aromatic carbocycles. The lowest BCUT2D eigenvalue weighted by Gasteiger charge is -2.16. The molecular formula is C21H26N4O5S. The summed E-state index contributed by atoms with van der Waals surface area (Å²) < 4.78 is 6.91. The number of hydrogen-bond donors (Lipinski definition) is 1. The smallest absolute Gasteiger partial charge is 0.349 e. The molecule has 1 N–H and O–H groups in total. The number of aromatic nitrogens is 2. The first kappa shape index (κ1) is 21.5. The van der Waals surface area contributed by atoms with Crippen LogP contribution in [0.3, 0.4) is 0 Å².